The molecule has 1 N–H and O–H groups in total. The van der Waals surface area contributed by atoms with Gasteiger partial charge in [0.25, 0.3) is 0 Å². The molecular formula is C20H19F3N4O3. The number of carbonyl (C=O) groups is 1. The maximum atomic E-state index is 12.3. The van der Waals surface area contributed by atoms with Crippen molar-refractivity contribution in [2.24, 2.45) is 0 Å². The molecule has 7 nitrogen and oxygen atoms in total. The van der Waals surface area contributed by atoms with E-state index in [0.29, 0.717) is 25.8 Å². The van der Waals surface area contributed by atoms with Crippen LogP contribution >= 0.6 is 0 Å². The molecule has 1 aliphatic rings. The number of nitrogens with one attached hydrogen (secondary N) is 1. The third-order valence-electron chi connectivity index (χ3n) is 5.12. The summed E-state index contributed by atoms with van der Waals surface area (Å²) in [5.74, 6) is -1.47. The number of pyridine rings is 1. The molecule has 10 heteroatoms. The minimum Gasteiger partial charge on any atom is -0.497 e. The molecule has 0 amide bonds. The Balaban J connectivity index is 1.48. The van der Waals surface area contributed by atoms with Crippen LogP contribution in [0, 0.1) is 0 Å². The molecule has 3 aromatic rings. The zero-order chi connectivity index (χ0) is 21.3. The normalized spacial score (nSPS) is 16.3. The average molecular weight is 420 g/mol. The van der Waals surface area contributed by atoms with Crippen LogP contribution in [0.1, 0.15) is 23.1 Å². The summed E-state index contributed by atoms with van der Waals surface area (Å²) in [6.45, 7) is 0.552. The molecule has 0 radical (unpaired) electrons. The number of hydrogen-bond donors (Lipinski definition) is 1. The van der Waals surface area contributed by atoms with Crippen molar-refractivity contribution in [1.82, 2.24) is 20.2 Å². The number of benzene rings is 1. The van der Waals surface area contributed by atoms with Crippen molar-refractivity contribution in [3.63, 3.8) is 0 Å². The van der Waals surface area contributed by atoms with Crippen LogP contribution in [0.2, 0.25) is 0 Å². The van der Waals surface area contributed by atoms with Crippen molar-refractivity contribution >= 4 is 17.0 Å². The van der Waals surface area contributed by atoms with E-state index < -0.39 is 18.2 Å². The van der Waals surface area contributed by atoms with Crippen molar-refractivity contribution < 1.29 is 27.5 Å². The molecule has 2 aromatic heterocycles. The van der Waals surface area contributed by atoms with Gasteiger partial charge in [-0.2, -0.15) is 18.3 Å². The maximum absolute atomic E-state index is 12.3. The molecule has 30 heavy (non-hydrogen) atoms. The molecule has 1 atom stereocenters. The first kappa shape index (κ1) is 20.1. The lowest BCUT2D eigenvalue weighted by Crippen LogP contribution is -2.39. The summed E-state index contributed by atoms with van der Waals surface area (Å²) in [6, 6.07) is 7.29. The van der Waals surface area contributed by atoms with E-state index in [2.05, 4.69) is 20.4 Å². The average Bonchev–Trinajstić information content (AvgIpc) is 3.14. The van der Waals surface area contributed by atoms with Crippen molar-refractivity contribution in [3.8, 4) is 5.75 Å². The summed E-state index contributed by atoms with van der Waals surface area (Å²) in [6.07, 6.45) is 0.00890. The predicted molar refractivity (Wildman–Crippen MR) is 101 cm³/mol. The van der Waals surface area contributed by atoms with Gasteiger partial charge in [0.05, 0.1) is 19.9 Å². The summed E-state index contributed by atoms with van der Waals surface area (Å²) in [5.41, 5.74) is 6.01. The zero-order valence-electron chi connectivity index (χ0n) is 16.1. The Morgan fingerprint density at radius 1 is 1.27 bits per heavy atom. The second kappa shape index (κ2) is 7.94. The molecule has 0 saturated carbocycles. The number of fused-ring (bicyclic) bond motifs is 3. The molecule has 1 aromatic carbocycles. The highest BCUT2D eigenvalue weighted by Crippen LogP contribution is 2.28. The molecule has 0 fully saturated rings. The van der Waals surface area contributed by atoms with E-state index in [-0.39, 0.29) is 0 Å². The fraction of sp³-hybridized carbons (Fsp3) is 0.350. The van der Waals surface area contributed by atoms with Gasteiger partial charge in [0, 0.05) is 17.6 Å². The van der Waals surface area contributed by atoms with Gasteiger partial charge in [0.15, 0.2) is 5.65 Å². The Kier molecular flexibility index (Phi) is 5.33. The van der Waals surface area contributed by atoms with E-state index in [1.54, 1.807) is 19.5 Å². The molecular weight excluding hydrogens is 401 g/mol. The van der Waals surface area contributed by atoms with E-state index in [4.69, 9.17) is 4.74 Å². The smallest absolute Gasteiger partial charge is 0.492 e. The Bertz CT molecular complexity index is 1060. The summed E-state index contributed by atoms with van der Waals surface area (Å²) >= 11 is 0. The first-order valence-corrected chi connectivity index (χ1v) is 9.34. The number of halogens is 3. The van der Waals surface area contributed by atoms with Gasteiger partial charge in [-0.1, -0.05) is 12.1 Å². The SMILES string of the molecule is COc1ccc(Cn2ncc3c4c(cnc32)CC(NOC(=O)C(F)(F)F)CC4)cc1. The third kappa shape index (κ3) is 4.09. The minimum absolute atomic E-state index is 0.405. The third-order valence-corrected chi connectivity index (χ3v) is 5.12. The maximum Gasteiger partial charge on any atom is 0.492 e. The van der Waals surface area contributed by atoms with Gasteiger partial charge in [0.2, 0.25) is 0 Å². The number of hydroxylamine groups is 1. The standard InChI is InChI=1S/C20H19F3N4O3/c1-29-15-5-2-12(3-6-15)11-27-18-17(10-25-27)16-7-4-14(8-13(16)9-24-18)26-30-19(28)20(21,22)23/h2-3,5-6,9-10,14,26H,4,7-8,11H2,1H3. The molecule has 0 spiro atoms. The first-order valence-electron chi connectivity index (χ1n) is 9.34. The van der Waals surface area contributed by atoms with Crippen LogP contribution in [0.5, 0.6) is 5.75 Å². The van der Waals surface area contributed by atoms with Gasteiger partial charge in [-0.05, 0) is 48.1 Å². The summed E-state index contributed by atoms with van der Waals surface area (Å²) in [5, 5.41) is 5.38. The predicted octanol–water partition coefficient (Wildman–Crippen LogP) is 2.96. The fourth-order valence-electron chi connectivity index (χ4n) is 3.59. The number of ether oxygens (including phenoxy) is 1. The largest absolute Gasteiger partial charge is 0.497 e. The van der Waals surface area contributed by atoms with Gasteiger partial charge < -0.3 is 9.57 Å². The number of rotatable bonds is 5. The second-order valence-corrected chi connectivity index (χ2v) is 7.09. The molecule has 0 aliphatic heterocycles. The Morgan fingerprint density at radius 2 is 2.03 bits per heavy atom. The van der Waals surface area contributed by atoms with Crippen LogP contribution in [0.15, 0.2) is 36.7 Å². The molecule has 0 bridgehead atoms. The van der Waals surface area contributed by atoms with E-state index in [1.807, 2.05) is 28.9 Å². The highest BCUT2D eigenvalue weighted by atomic mass is 19.4. The van der Waals surface area contributed by atoms with Crippen molar-refractivity contribution in [1.29, 1.82) is 0 Å². The van der Waals surface area contributed by atoms with E-state index in [0.717, 1.165) is 33.5 Å². The number of hydrogen-bond acceptors (Lipinski definition) is 6. The van der Waals surface area contributed by atoms with Crippen LogP contribution in [0.25, 0.3) is 11.0 Å². The summed E-state index contributed by atoms with van der Waals surface area (Å²) in [4.78, 5) is 19.6. The number of aromatic nitrogens is 3. The van der Waals surface area contributed by atoms with Gasteiger partial charge in [-0.25, -0.2) is 14.5 Å². The number of nitrogens with zero attached hydrogens (tertiary/aromatic N) is 3. The Hall–Kier alpha value is -3.14. The van der Waals surface area contributed by atoms with E-state index in [9.17, 15) is 18.0 Å². The molecule has 2 heterocycles. The van der Waals surface area contributed by atoms with Crippen LogP contribution in [-0.4, -0.2) is 40.1 Å². The summed E-state index contributed by atoms with van der Waals surface area (Å²) in [7, 11) is 1.61. The topological polar surface area (TPSA) is 78.3 Å². The lowest BCUT2D eigenvalue weighted by molar-refractivity contribution is -0.208. The van der Waals surface area contributed by atoms with Gasteiger partial charge in [-0.3, -0.25) is 0 Å². The number of alkyl halides is 3. The van der Waals surface area contributed by atoms with Crippen molar-refractivity contribution in [2.45, 2.75) is 38.0 Å². The molecule has 1 unspecified atom stereocenters. The van der Waals surface area contributed by atoms with Crippen LogP contribution in [0.4, 0.5) is 13.2 Å². The highest BCUT2D eigenvalue weighted by Gasteiger charge is 2.42. The lowest BCUT2D eigenvalue weighted by atomic mass is 9.88. The Labute approximate surface area is 169 Å². The van der Waals surface area contributed by atoms with Crippen LogP contribution < -0.4 is 10.2 Å². The van der Waals surface area contributed by atoms with E-state index in [1.165, 1.54) is 0 Å². The number of methoxy groups -OCH3 is 1. The highest BCUT2D eigenvalue weighted by molar-refractivity contribution is 5.80. The van der Waals surface area contributed by atoms with Gasteiger partial charge in [0.1, 0.15) is 5.75 Å². The van der Waals surface area contributed by atoms with Gasteiger partial charge >= 0.3 is 12.1 Å². The monoisotopic (exact) mass is 420 g/mol. The van der Waals surface area contributed by atoms with Crippen molar-refractivity contribution in [3.05, 3.63) is 53.3 Å². The number of aryl methyl sites for hydroxylation is 1. The van der Waals surface area contributed by atoms with E-state index >= 15 is 0 Å². The quantitative estimate of drug-likeness (QED) is 0.640. The van der Waals surface area contributed by atoms with Crippen LogP contribution in [0.3, 0.4) is 0 Å². The summed E-state index contributed by atoms with van der Waals surface area (Å²) < 4.78 is 43.8. The van der Waals surface area contributed by atoms with Gasteiger partial charge in [-0.15, -0.1) is 5.48 Å². The minimum atomic E-state index is -5.02. The lowest BCUT2D eigenvalue weighted by Gasteiger charge is -2.25. The second-order valence-electron chi connectivity index (χ2n) is 7.09. The van der Waals surface area contributed by atoms with Crippen molar-refractivity contribution in [2.75, 3.05) is 7.11 Å². The van der Waals surface area contributed by atoms with Crippen LogP contribution in [-0.2, 0) is 29.0 Å². The first-order chi connectivity index (χ1) is 14.3. The molecule has 0 saturated heterocycles. The Morgan fingerprint density at radius 3 is 2.73 bits per heavy atom. The molecule has 1 aliphatic carbocycles. The molecule has 158 valence electrons. The number of carbonyl (C=O) groups excluding carboxylic acids is 1. The fourth-order valence-corrected chi connectivity index (χ4v) is 3.59. The molecule has 4 rings (SSSR count). The zero-order valence-corrected chi connectivity index (χ0v) is 16.1.